The molecule has 1 heterocycles. The van der Waals surface area contributed by atoms with E-state index in [1.165, 1.54) is 12.1 Å². The van der Waals surface area contributed by atoms with Gasteiger partial charge in [0.2, 0.25) is 0 Å². The van der Waals surface area contributed by atoms with Gasteiger partial charge in [0.1, 0.15) is 11.9 Å². The largest absolute Gasteiger partial charge is 0.462 e. The molecule has 1 aromatic heterocycles. The minimum Gasteiger partial charge on any atom is -0.462 e. The zero-order chi connectivity index (χ0) is 19.4. The van der Waals surface area contributed by atoms with Crippen LogP contribution in [0.1, 0.15) is 73.6 Å². The van der Waals surface area contributed by atoms with Gasteiger partial charge >= 0.3 is 5.97 Å². The van der Waals surface area contributed by atoms with Crippen molar-refractivity contribution in [2.45, 2.75) is 46.5 Å². The molecule has 0 atom stereocenters. The summed E-state index contributed by atoms with van der Waals surface area (Å²) in [6.45, 7) is 9.73. The summed E-state index contributed by atoms with van der Waals surface area (Å²) in [5.41, 5.74) is 3.03. The third-order valence-electron chi connectivity index (χ3n) is 4.10. The fourth-order valence-electron chi connectivity index (χ4n) is 2.97. The number of aromatic nitrogens is 1. The second kappa shape index (κ2) is 8.09. The van der Waals surface area contributed by atoms with E-state index in [0.29, 0.717) is 33.6 Å². The van der Waals surface area contributed by atoms with E-state index in [1.54, 1.807) is 19.1 Å². The molecule has 0 spiro atoms. The second-order valence-corrected chi connectivity index (χ2v) is 6.66. The zero-order valence-electron chi connectivity index (χ0n) is 15.8. The second-order valence-electron chi connectivity index (χ2n) is 6.66. The van der Waals surface area contributed by atoms with Crippen LogP contribution in [0.5, 0.6) is 0 Å². The van der Waals surface area contributed by atoms with E-state index in [1.807, 2.05) is 27.7 Å². The van der Waals surface area contributed by atoms with E-state index in [0.717, 1.165) is 0 Å². The van der Waals surface area contributed by atoms with Crippen LogP contribution in [0.3, 0.4) is 0 Å². The lowest BCUT2D eigenvalue weighted by Gasteiger charge is -2.21. The van der Waals surface area contributed by atoms with E-state index in [2.05, 4.69) is 11.1 Å². The molecule has 1 aromatic carbocycles. The fraction of sp³-hybridized carbons (Fsp3) is 0.381. The summed E-state index contributed by atoms with van der Waals surface area (Å²) in [6.07, 6.45) is 0. The van der Waals surface area contributed by atoms with Gasteiger partial charge in [-0.2, -0.15) is 5.26 Å². The predicted molar refractivity (Wildman–Crippen MR) is 98.5 cm³/mol. The molecule has 0 saturated heterocycles. The lowest BCUT2D eigenvalue weighted by Crippen LogP contribution is -2.17. The molecule has 0 aliphatic carbocycles. The van der Waals surface area contributed by atoms with Gasteiger partial charge < -0.3 is 4.74 Å². The summed E-state index contributed by atoms with van der Waals surface area (Å²) in [5, 5.41) is 9.81. The van der Waals surface area contributed by atoms with Crippen molar-refractivity contribution in [2.24, 2.45) is 0 Å². The van der Waals surface area contributed by atoms with Gasteiger partial charge in [-0.25, -0.2) is 9.18 Å². The average molecular weight is 354 g/mol. The van der Waals surface area contributed by atoms with Gasteiger partial charge in [-0.15, -0.1) is 0 Å². The number of carbonyl (C=O) groups is 1. The highest BCUT2D eigenvalue weighted by Gasteiger charge is 2.28. The minimum absolute atomic E-state index is 0.0427. The fourth-order valence-corrected chi connectivity index (χ4v) is 2.97. The Bertz CT molecular complexity index is 850. The lowest BCUT2D eigenvalue weighted by atomic mass is 9.86. The van der Waals surface area contributed by atoms with Crippen LogP contribution < -0.4 is 0 Å². The maximum absolute atomic E-state index is 13.3. The molecular formula is C21H23FN2O2. The first kappa shape index (κ1) is 19.6. The number of nitrogens with zero attached hydrogens (tertiary/aromatic N) is 2. The maximum atomic E-state index is 13.3. The number of hydrogen-bond donors (Lipinski definition) is 0. The van der Waals surface area contributed by atoms with Gasteiger partial charge in [0.15, 0.2) is 0 Å². The molecule has 0 bridgehead atoms. The third kappa shape index (κ3) is 3.75. The molecule has 0 saturated carbocycles. The first-order chi connectivity index (χ1) is 12.3. The van der Waals surface area contributed by atoms with Crippen LogP contribution in [-0.4, -0.2) is 17.6 Å². The monoisotopic (exact) mass is 354 g/mol. The molecule has 0 radical (unpaired) electrons. The van der Waals surface area contributed by atoms with Crippen molar-refractivity contribution in [2.75, 3.05) is 6.61 Å². The van der Waals surface area contributed by atoms with E-state index in [-0.39, 0.29) is 24.3 Å². The number of pyridine rings is 1. The smallest absolute Gasteiger partial charge is 0.340 e. The molecule has 0 amide bonds. The van der Waals surface area contributed by atoms with Crippen LogP contribution >= 0.6 is 0 Å². The minimum atomic E-state index is -0.463. The van der Waals surface area contributed by atoms with E-state index in [9.17, 15) is 14.4 Å². The molecule has 0 unspecified atom stereocenters. The summed E-state index contributed by atoms with van der Waals surface area (Å²) in [6, 6.07) is 8.06. The highest BCUT2D eigenvalue weighted by atomic mass is 19.1. The number of hydrogen-bond acceptors (Lipinski definition) is 4. The predicted octanol–water partition coefficient (Wildman–Crippen LogP) is 5.18. The van der Waals surface area contributed by atoms with Crippen LogP contribution in [0.4, 0.5) is 4.39 Å². The number of carbonyl (C=O) groups excluding carboxylic acids is 1. The molecule has 0 fully saturated rings. The van der Waals surface area contributed by atoms with Crippen molar-refractivity contribution in [3.05, 3.63) is 52.5 Å². The molecule has 2 rings (SSSR count). The summed E-state index contributed by atoms with van der Waals surface area (Å²) in [7, 11) is 0. The molecule has 0 N–H and O–H groups in total. The third-order valence-corrected chi connectivity index (χ3v) is 4.10. The Morgan fingerprint density at radius 3 is 2.27 bits per heavy atom. The lowest BCUT2D eigenvalue weighted by molar-refractivity contribution is 0.0522. The molecule has 5 heteroatoms. The van der Waals surface area contributed by atoms with Crippen LogP contribution in [0.15, 0.2) is 24.3 Å². The standard InChI is InChI=1S/C21H23FN2O2/c1-6-26-21(25)18-17(12(2)3)16(11-23)20(24-19(18)13(4)5)14-7-9-15(22)10-8-14/h7-10,12-13H,6H2,1-5H3. The van der Waals surface area contributed by atoms with Crippen LogP contribution in [-0.2, 0) is 4.74 Å². The van der Waals surface area contributed by atoms with Crippen molar-refractivity contribution in [3.63, 3.8) is 0 Å². The van der Waals surface area contributed by atoms with Gasteiger partial charge in [0, 0.05) is 5.56 Å². The van der Waals surface area contributed by atoms with Crippen molar-refractivity contribution in [1.29, 1.82) is 5.26 Å². The number of esters is 1. The molecule has 2 aromatic rings. The van der Waals surface area contributed by atoms with Crippen molar-refractivity contribution in [3.8, 4) is 17.3 Å². The van der Waals surface area contributed by atoms with E-state index in [4.69, 9.17) is 4.74 Å². The average Bonchev–Trinajstić information content (AvgIpc) is 2.60. The van der Waals surface area contributed by atoms with Gasteiger partial charge in [-0.1, -0.05) is 27.7 Å². The number of nitriles is 1. The van der Waals surface area contributed by atoms with Gasteiger partial charge in [0.25, 0.3) is 0 Å². The Labute approximate surface area is 153 Å². The Hall–Kier alpha value is -2.74. The Morgan fingerprint density at radius 1 is 1.19 bits per heavy atom. The topological polar surface area (TPSA) is 63.0 Å². The molecule has 26 heavy (non-hydrogen) atoms. The molecule has 4 nitrogen and oxygen atoms in total. The Morgan fingerprint density at radius 2 is 1.81 bits per heavy atom. The Balaban J connectivity index is 2.89. The van der Waals surface area contributed by atoms with Crippen LogP contribution in [0.25, 0.3) is 11.3 Å². The highest BCUT2D eigenvalue weighted by molar-refractivity contribution is 5.94. The SMILES string of the molecule is CCOC(=O)c1c(C(C)C)nc(-c2ccc(F)cc2)c(C#N)c1C(C)C. The normalized spacial score (nSPS) is 10.9. The van der Waals surface area contributed by atoms with Crippen molar-refractivity contribution >= 4 is 5.97 Å². The Kier molecular flexibility index (Phi) is 6.10. The molecule has 136 valence electrons. The van der Waals surface area contributed by atoms with Crippen LogP contribution in [0, 0.1) is 17.1 Å². The highest BCUT2D eigenvalue weighted by Crippen LogP contribution is 2.35. The van der Waals surface area contributed by atoms with E-state index < -0.39 is 5.97 Å². The summed E-state index contributed by atoms with van der Waals surface area (Å²) < 4.78 is 18.5. The van der Waals surface area contributed by atoms with Gasteiger partial charge in [-0.3, -0.25) is 4.98 Å². The number of ether oxygens (including phenoxy) is 1. The molecule has 0 aliphatic heterocycles. The summed E-state index contributed by atoms with van der Waals surface area (Å²) in [4.78, 5) is 17.3. The van der Waals surface area contributed by atoms with Gasteiger partial charge in [0.05, 0.1) is 29.1 Å². The number of benzene rings is 1. The quantitative estimate of drug-likeness (QED) is 0.694. The number of rotatable bonds is 5. The summed E-state index contributed by atoms with van der Waals surface area (Å²) >= 11 is 0. The maximum Gasteiger partial charge on any atom is 0.340 e. The van der Waals surface area contributed by atoms with Crippen molar-refractivity contribution < 1.29 is 13.9 Å². The molecule has 0 aliphatic rings. The zero-order valence-corrected chi connectivity index (χ0v) is 15.8. The molecular weight excluding hydrogens is 331 g/mol. The van der Waals surface area contributed by atoms with Gasteiger partial charge in [-0.05, 0) is 48.6 Å². The first-order valence-electron chi connectivity index (χ1n) is 8.72. The van der Waals surface area contributed by atoms with E-state index >= 15 is 0 Å². The first-order valence-corrected chi connectivity index (χ1v) is 8.72. The summed E-state index contributed by atoms with van der Waals surface area (Å²) in [5.74, 6) is -0.944. The number of halogens is 1. The van der Waals surface area contributed by atoms with Crippen LogP contribution in [0.2, 0.25) is 0 Å². The van der Waals surface area contributed by atoms with Crippen molar-refractivity contribution in [1.82, 2.24) is 4.98 Å².